The third kappa shape index (κ3) is 4.09. The molecule has 158 valence electrons. The minimum absolute atomic E-state index is 0.0990. The van der Waals surface area contributed by atoms with E-state index in [4.69, 9.17) is 4.74 Å². The highest BCUT2D eigenvalue weighted by Crippen LogP contribution is 2.32. The standard InChI is InChI=1S/C23H18F3N3O2/c1-14-6-11-19-27-20(15-7-9-18(31-2)10-8-15)21(29(19)13-14)28-22(30)16-4-3-5-17(12-16)23(24,25)26/h3-13H,1-2H3,(H,28,30). The average molecular weight is 425 g/mol. The Balaban J connectivity index is 1.78. The van der Waals surface area contributed by atoms with Crippen LogP contribution in [0.3, 0.4) is 0 Å². The molecule has 0 saturated heterocycles. The maximum Gasteiger partial charge on any atom is 0.416 e. The molecule has 0 aliphatic rings. The second-order valence-electron chi connectivity index (χ2n) is 7.00. The van der Waals surface area contributed by atoms with Gasteiger partial charge in [0.1, 0.15) is 22.9 Å². The molecule has 0 spiro atoms. The van der Waals surface area contributed by atoms with E-state index < -0.39 is 17.6 Å². The smallest absolute Gasteiger partial charge is 0.416 e. The Morgan fingerprint density at radius 1 is 1.06 bits per heavy atom. The topological polar surface area (TPSA) is 55.6 Å². The fourth-order valence-electron chi connectivity index (χ4n) is 3.24. The molecule has 4 rings (SSSR count). The molecular weight excluding hydrogens is 407 g/mol. The Kier molecular flexibility index (Phi) is 5.14. The molecule has 0 aliphatic carbocycles. The lowest BCUT2D eigenvalue weighted by Crippen LogP contribution is -2.15. The number of hydrogen-bond acceptors (Lipinski definition) is 3. The van der Waals surface area contributed by atoms with E-state index in [1.54, 1.807) is 42.0 Å². The van der Waals surface area contributed by atoms with Crippen molar-refractivity contribution in [2.45, 2.75) is 13.1 Å². The van der Waals surface area contributed by atoms with E-state index >= 15 is 0 Å². The van der Waals surface area contributed by atoms with Crippen LogP contribution in [0.4, 0.5) is 19.0 Å². The number of ether oxygens (including phenoxy) is 1. The molecule has 8 heteroatoms. The number of aryl methyl sites for hydroxylation is 1. The van der Waals surface area contributed by atoms with Crippen LogP contribution < -0.4 is 10.1 Å². The van der Waals surface area contributed by atoms with Gasteiger partial charge >= 0.3 is 6.18 Å². The number of benzene rings is 2. The number of anilines is 1. The van der Waals surface area contributed by atoms with Crippen molar-refractivity contribution in [3.05, 3.63) is 83.6 Å². The lowest BCUT2D eigenvalue weighted by atomic mass is 10.1. The fourth-order valence-corrected chi connectivity index (χ4v) is 3.24. The Bertz CT molecular complexity index is 1260. The average Bonchev–Trinajstić information content (AvgIpc) is 3.10. The number of rotatable bonds is 4. The number of amides is 1. The predicted octanol–water partition coefficient (Wildman–Crippen LogP) is 5.59. The molecular formula is C23H18F3N3O2. The van der Waals surface area contributed by atoms with Crippen LogP contribution in [0.25, 0.3) is 16.9 Å². The number of nitrogens with one attached hydrogen (secondary N) is 1. The highest BCUT2D eigenvalue weighted by atomic mass is 19.4. The number of hydrogen-bond donors (Lipinski definition) is 1. The Labute approximate surface area is 176 Å². The molecule has 2 aromatic heterocycles. The van der Waals surface area contributed by atoms with Crippen molar-refractivity contribution >= 4 is 17.4 Å². The van der Waals surface area contributed by atoms with E-state index in [1.165, 1.54) is 12.1 Å². The van der Waals surface area contributed by atoms with Gasteiger partial charge in [0.15, 0.2) is 0 Å². The molecule has 0 aliphatic heterocycles. The first-order valence-corrected chi connectivity index (χ1v) is 9.38. The van der Waals surface area contributed by atoms with Crippen LogP contribution in [0.2, 0.25) is 0 Å². The van der Waals surface area contributed by atoms with E-state index in [0.29, 0.717) is 22.9 Å². The summed E-state index contributed by atoms with van der Waals surface area (Å²) in [5.74, 6) is 0.369. The third-order valence-electron chi connectivity index (χ3n) is 4.81. The highest BCUT2D eigenvalue weighted by Gasteiger charge is 2.31. The summed E-state index contributed by atoms with van der Waals surface area (Å²) in [5, 5.41) is 2.75. The molecule has 5 nitrogen and oxygen atoms in total. The first kappa shape index (κ1) is 20.5. The minimum Gasteiger partial charge on any atom is -0.497 e. The van der Waals surface area contributed by atoms with Crippen LogP contribution in [0, 0.1) is 6.92 Å². The van der Waals surface area contributed by atoms with E-state index in [1.807, 2.05) is 19.1 Å². The number of imidazole rings is 1. The van der Waals surface area contributed by atoms with Crippen LogP contribution in [0.5, 0.6) is 5.75 Å². The molecule has 0 radical (unpaired) electrons. The molecule has 2 aromatic carbocycles. The zero-order valence-electron chi connectivity index (χ0n) is 16.7. The fraction of sp³-hybridized carbons (Fsp3) is 0.130. The van der Waals surface area contributed by atoms with Crippen molar-refractivity contribution in [3.8, 4) is 17.0 Å². The quantitative estimate of drug-likeness (QED) is 0.464. The summed E-state index contributed by atoms with van der Waals surface area (Å²) in [6.45, 7) is 1.89. The van der Waals surface area contributed by atoms with Gasteiger partial charge < -0.3 is 10.1 Å². The molecule has 1 N–H and O–H groups in total. The van der Waals surface area contributed by atoms with E-state index in [2.05, 4.69) is 10.3 Å². The minimum atomic E-state index is -4.54. The molecule has 4 aromatic rings. The van der Waals surface area contributed by atoms with Gasteiger partial charge in [-0.2, -0.15) is 13.2 Å². The Hall–Kier alpha value is -3.81. The van der Waals surface area contributed by atoms with E-state index in [0.717, 1.165) is 23.3 Å². The number of alkyl halides is 3. The first-order chi connectivity index (χ1) is 14.8. The van der Waals surface area contributed by atoms with Crippen LogP contribution >= 0.6 is 0 Å². The normalized spacial score (nSPS) is 11.5. The molecule has 0 fully saturated rings. The Morgan fingerprint density at radius 3 is 2.48 bits per heavy atom. The van der Waals surface area contributed by atoms with Crippen LogP contribution in [-0.2, 0) is 6.18 Å². The summed E-state index contributed by atoms with van der Waals surface area (Å²) in [6, 6.07) is 15.1. The highest BCUT2D eigenvalue weighted by molar-refractivity contribution is 6.06. The first-order valence-electron chi connectivity index (χ1n) is 9.38. The SMILES string of the molecule is COc1ccc(-c2nc3ccc(C)cn3c2NC(=O)c2cccc(C(F)(F)F)c2)cc1. The van der Waals surface area contributed by atoms with Crippen molar-refractivity contribution in [3.63, 3.8) is 0 Å². The number of aromatic nitrogens is 2. The molecule has 0 bridgehead atoms. The maximum absolute atomic E-state index is 13.1. The predicted molar refractivity (Wildman–Crippen MR) is 111 cm³/mol. The molecule has 1 amide bonds. The largest absolute Gasteiger partial charge is 0.497 e. The number of methoxy groups -OCH3 is 1. The summed E-state index contributed by atoms with van der Waals surface area (Å²) in [6.07, 6.45) is -2.73. The van der Waals surface area contributed by atoms with Crippen molar-refractivity contribution < 1.29 is 22.7 Å². The van der Waals surface area contributed by atoms with Crippen molar-refractivity contribution in [1.82, 2.24) is 9.38 Å². The Morgan fingerprint density at radius 2 is 1.81 bits per heavy atom. The molecule has 31 heavy (non-hydrogen) atoms. The van der Waals surface area contributed by atoms with Crippen molar-refractivity contribution in [2.24, 2.45) is 0 Å². The van der Waals surface area contributed by atoms with Gasteiger partial charge in [0.25, 0.3) is 5.91 Å². The second kappa shape index (κ2) is 7.79. The van der Waals surface area contributed by atoms with Gasteiger partial charge in [-0.3, -0.25) is 9.20 Å². The monoisotopic (exact) mass is 425 g/mol. The number of carbonyl (C=O) groups excluding carboxylic acids is 1. The van der Waals surface area contributed by atoms with E-state index in [-0.39, 0.29) is 5.56 Å². The van der Waals surface area contributed by atoms with Crippen molar-refractivity contribution in [2.75, 3.05) is 12.4 Å². The van der Waals surface area contributed by atoms with Gasteiger partial charge in [0.05, 0.1) is 12.7 Å². The van der Waals surface area contributed by atoms with Gasteiger partial charge in [-0.15, -0.1) is 0 Å². The molecule has 0 saturated carbocycles. The van der Waals surface area contributed by atoms with Crippen LogP contribution in [0.1, 0.15) is 21.5 Å². The zero-order valence-corrected chi connectivity index (χ0v) is 16.7. The lowest BCUT2D eigenvalue weighted by Gasteiger charge is -2.11. The van der Waals surface area contributed by atoms with Gasteiger partial charge in [0, 0.05) is 17.3 Å². The van der Waals surface area contributed by atoms with Crippen LogP contribution in [0.15, 0.2) is 66.9 Å². The van der Waals surface area contributed by atoms with Gasteiger partial charge in [0.2, 0.25) is 0 Å². The summed E-state index contributed by atoms with van der Waals surface area (Å²) in [4.78, 5) is 17.5. The summed E-state index contributed by atoms with van der Waals surface area (Å²) in [7, 11) is 1.56. The number of pyridine rings is 1. The molecule has 0 atom stereocenters. The molecule has 0 unspecified atom stereocenters. The number of halogens is 3. The van der Waals surface area contributed by atoms with Gasteiger partial charge in [-0.1, -0.05) is 12.1 Å². The maximum atomic E-state index is 13.1. The number of fused-ring (bicyclic) bond motifs is 1. The summed E-state index contributed by atoms with van der Waals surface area (Å²) >= 11 is 0. The van der Waals surface area contributed by atoms with Crippen molar-refractivity contribution in [1.29, 1.82) is 0 Å². The number of carbonyl (C=O) groups is 1. The second-order valence-corrected chi connectivity index (χ2v) is 7.00. The van der Waals surface area contributed by atoms with Gasteiger partial charge in [-0.05, 0) is 61.0 Å². The molecule has 2 heterocycles. The lowest BCUT2D eigenvalue weighted by molar-refractivity contribution is -0.137. The zero-order chi connectivity index (χ0) is 22.2. The van der Waals surface area contributed by atoms with Gasteiger partial charge in [-0.25, -0.2) is 4.98 Å². The summed E-state index contributed by atoms with van der Waals surface area (Å²) in [5.41, 5.74) is 1.76. The third-order valence-corrected chi connectivity index (χ3v) is 4.81. The summed E-state index contributed by atoms with van der Waals surface area (Å²) < 4.78 is 46.1. The van der Waals surface area contributed by atoms with E-state index in [9.17, 15) is 18.0 Å². The van der Waals surface area contributed by atoms with Crippen LogP contribution in [-0.4, -0.2) is 22.4 Å². The number of nitrogens with zero attached hydrogens (tertiary/aromatic N) is 2.